The smallest absolute Gasteiger partial charge is 0.146 e. The summed E-state index contributed by atoms with van der Waals surface area (Å²) in [7, 11) is 0. The van der Waals surface area contributed by atoms with Crippen LogP contribution in [0, 0.1) is 11.2 Å². The third-order valence-corrected chi connectivity index (χ3v) is 2.51. The zero-order chi connectivity index (χ0) is 11.6. The van der Waals surface area contributed by atoms with E-state index in [1.807, 2.05) is 0 Å². The van der Waals surface area contributed by atoms with Gasteiger partial charge >= 0.3 is 0 Å². The van der Waals surface area contributed by atoms with E-state index in [1.165, 1.54) is 6.07 Å². The summed E-state index contributed by atoms with van der Waals surface area (Å²) in [6, 6.07) is 4.65. The molecule has 3 heteroatoms. The van der Waals surface area contributed by atoms with Gasteiger partial charge in [0.1, 0.15) is 5.82 Å². The van der Waals surface area contributed by atoms with E-state index >= 15 is 0 Å². The van der Waals surface area contributed by atoms with Crippen LogP contribution in [0.1, 0.15) is 38.8 Å². The van der Waals surface area contributed by atoms with E-state index in [0.717, 1.165) is 6.42 Å². The van der Waals surface area contributed by atoms with Crippen molar-refractivity contribution in [2.24, 2.45) is 11.1 Å². The minimum Gasteiger partial charge on any atom is -0.324 e. The van der Waals surface area contributed by atoms with Crippen LogP contribution in [0.3, 0.4) is 0 Å². The summed E-state index contributed by atoms with van der Waals surface area (Å²) in [6.45, 7) is 6.24. The SMILES string of the molecule is CC(C)(C)C[C@@H](N)c1cccc(Cl)c1F. The van der Waals surface area contributed by atoms with Crippen molar-refractivity contribution >= 4 is 11.6 Å². The molecule has 1 aromatic rings. The quantitative estimate of drug-likeness (QED) is 0.818. The first-order chi connectivity index (χ1) is 6.81. The molecule has 0 aliphatic carbocycles. The summed E-state index contributed by atoms with van der Waals surface area (Å²) in [5.41, 5.74) is 6.53. The van der Waals surface area contributed by atoms with Crippen molar-refractivity contribution in [3.05, 3.63) is 34.6 Å². The fourth-order valence-corrected chi connectivity index (χ4v) is 1.76. The van der Waals surface area contributed by atoms with Crippen LogP contribution in [-0.4, -0.2) is 0 Å². The molecular formula is C12H17ClFN. The predicted molar refractivity (Wildman–Crippen MR) is 62.4 cm³/mol. The number of nitrogens with two attached hydrogens (primary N) is 1. The summed E-state index contributed by atoms with van der Waals surface area (Å²) in [4.78, 5) is 0. The molecule has 0 saturated carbocycles. The van der Waals surface area contributed by atoms with E-state index in [2.05, 4.69) is 20.8 Å². The number of hydrogen-bond donors (Lipinski definition) is 1. The molecule has 0 unspecified atom stereocenters. The third-order valence-electron chi connectivity index (χ3n) is 2.21. The van der Waals surface area contributed by atoms with Gasteiger partial charge in [-0.2, -0.15) is 0 Å². The van der Waals surface area contributed by atoms with E-state index < -0.39 is 5.82 Å². The van der Waals surface area contributed by atoms with Gasteiger partial charge in [-0.3, -0.25) is 0 Å². The van der Waals surface area contributed by atoms with Gasteiger partial charge in [0, 0.05) is 11.6 Å². The molecule has 2 N–H and O–H groups in total. The monoisotopic (exact) mass is 229 g/mol. The van der Waals surface area contributed by atoms with Crippen molar-refractivity contribution in [3.8, 4) is 0 Å². The Labute approximate surface area is 95.4 Å². The van der Waals surface area contributed by atoms with E-state index in [0.29, 0.717) is 5.56 Å². The first kappa shape index (κ1) is 12.5. The minimum absolute atomic E-state index is 0.0776. The summed E-state index contributed by atoms with van der Waals surface area (Å²) in [5, 5.41) is 0.136. The lowest BCUT2D eigenvalue weighted by Gasteiger charge is -2.23. The van der Waals surface area contributed by atoms with Crippen LogP contribution in [0.2, 0.25) is 5.02 Å². The van der Waals surface area contributed by atoms with Gasteiger partial charge in [0.25, 0.3) is 0 Å². The molecule has 0 bridgehead atoms. The van der Waals surface area contributed by atoms with Crippen LogP contribution < -0.4 is 5.73 Å². The highest BCUT2D eigenvalue weighted by atomic mass is 35.5. The minimum atomic E-state index is -0.393. The van der Waals surface area contributed by atoms with Gasteiger partial charge in [-0.1, -0.05) is 44.5 Å². The van der Waals surface area contributed by atoms with E-state index in [-0.39, 0.29) is 16.5 Å². The average molecular weight is 230 g/mol. The van der Waals surface area contributed by atoms with Crippen molar-refractivity contribution in [1.29, 1.82) is 0 Å². The van der Waals surface area contributed by atoms with E-state index in [9.17, 15) is 4.39 Å². The van der Waals surface area contributed by atoms with Crippen molar-refractivity contribution in [2.75, 3.05) is 0 Å². The number of hydrogen-bond acceptors (Lipinski definition) is 1. The zero-order valence-corrected chi connectivity index (χ0v) is 10.1. The van der Waals surface area contributed by atoms with Gasteiger partial charge in [0.2, 0.25) is 0 Å². The molecule has 84 valence electrons. The standard InChI is InChI=1S/C12H17ClFN/c1-12(2,3)7-10(15)8-5-4-6-9(13)11(8)14/h4-6,10H,7,15H2,1-3H3/t10-/m1/s1. The molecule has 0 aliphatic heterocycles. The Hall–Kier alpha value is -0.600. The lowest BCUT2D eigenvalue weighted by molar-refractivity contribution is 0.339. The first-order valence-electron chi connectivity index (χ1n) is 5.01. The van der Waals surface area contributed by atoms with Crippen LogP contribution in [0.5, 0.6) is 0 Å². The molecule has 0 spiro atoms. The summed E-state index contributed by atoms with van der Waals surface area (Å²) in [6.07, 6.45) is 0.726. The van der Waals surface area contributed by atoms with Crippen LogP contribution in [-0.2, 0) is 0 Å². The lowest BCUT2D eigenvalue weighted by atomic mass is 9.86. The van der Waals surface area contributed by atoms with E-state index in [4.69, 9.17) is 17.3 Å². The Balaban J connectivity index is 2.92. The molecule has 0 radical (unpaired) electrons. The van der Waals surface area contributed by atoms with Gasteiger partial charge in [-0.25, -0.2) is 4.39 Å². The normalized spacial score (nSPS) is 14.0. The van der Waals surface area contributed by atoms with Gasteiger partial charge in [0.05, 0.1) is 5.02 Å². The summed E-state index contributed by atoms with van der Waals surface area (Å²) >= 11 is 5.70. The molecule has 0 aliphatic rings. The predicted octanol–water partition coefficient (Wildman–Crippen LogP) is 3.92. The van der Waals surface area contributed by atoms with Gasteiger partial charge in [-0.15, -0.1) is 0 Å². The second-order valence-electron chi connectivity index (χ2n) is 5.01. The molecule has 0 saturated heterocycles. The Morgan fingerprint density at radius 1 is 1.40 bits per heavy atom. The van der Waals surface area contributed by atoms with E-state index in [1.54, 1.807) is 12.1 Å². The summed E-state index contributed by atoms with van der Waals surface area (Å²) < 4.78 is 13.6. The molecule has 0 amide bonds. The molecule has 0 heterocycles. The largest absolute Gasteiger partial charge is 0.324 e. The Morgan fingerprint density at radius 2 is 2.00 bits per heavy atom. The zero-order valence-electron chi connectivity index (χ0n) is 9.35. The third kappa shape index (κ3) is 3.47. The van der Waals surface area contributed by atoms with Crippen molar-refractivity contribution in [2.45, 2.75) is 33.2 Å². The fourth-order valence-electron chi connectivity index (χ4n) is 1.58. The second kappa shape index (κ2) is 4.50. The highest BCUT2D eigenvalue weighted by Crippen LogP contribution is 2.30. The van der Waals surface area contributed by atoms with Crippen LogP contribution in [0.4, 0.5) is 4.39 Å². The van der Waals surface area contributed by atoms with Crippen molar-refractivity contribution in [3.63, 3.8) is 0 Å². The van der Waals surface area contributed by atoms with Gasteiger partial charge in [0.15, 0.2) is 0 Å². The molecular weight excluding hydrogens is 213 g/mol. The van der Waals surface area contributed by atoms with Crippen LogP contribution in [0.15, 0.2) is 18.2 Å². The van der Waals surface area contributed by atoms with Crippen molar-refractivity contribution < 1.29 is 4.39 Å². The Morgan fingerprint density at radius 3 is 2.53 bits per heavy atom. The Kier molecular flexibility index (Phi) is 3.74. The first-order valence-corrected chi connectivity index (χ1v) is 5.38. The van der Waals surface area contributed by atoms with Gasteiger partial charge in [-0.05, 0) is 17.9 Å². The molecule has 1 rings (SSSR count). The van der Waals surface area contributed by atoms with Crippen molar-refractivity contribution in [1.82, 2.24) is 0 Å². The number of benzene rings is 1. The lowest BCUT2D eigenvalue weighted by Crippen LogP contribution is -2.19. The van der Waals surface area contributed by atoms with Crippen LogP contribution in [0.25, 0.3) is 0 Å². The fraction of sp³-hybridized carbons (Fsp3) is 0.500. The molecule has 0 aromatic heterocycles. The van der Waals surface area contributed by atoms with Gasteiger partial charge < -0.3 is 5.73 Å². The molecule has 15 heavy (non-hydrogen) atoms. The Bertz CT molecular complexity index is 344. The number of rotatable bonds is 2. The second-order valence-corrected chi connectivity index (χ2v) is 5.42. The average Bonchev–Trinajstić information content (AvgIpc) is 2.06. The summed E-state index contributed by atoms with van der Waals surface area (Å²) in [5.74, 6) is -0.393. The number of halogens is 2. The topological polar surface area (TPSA) is 26.0 Å². The maximum absolute atomic E-state index is 13.6. The maximum Gasteiger partial charge on any atom is 0.146 e. The molecule has 1 aromatic carbocycles. The highest BCUT2D eigenvalue weighted by molar-refractivity contribution is 6.30. The maximum atomic E-state index is 13.6. The molecule has 1 atom stereocenters. The molecule has 0 fully saturated rings. The van der Waals surface area contributed by atoms with Crippen LogP contribution >= 0.6 is 11.6 Å². The molecule has 1 nitrogen and oxygen atoms in total. The highest BCUT2D eigenvalue weighted by Gasteiger charge is 2.20.